The van der Waals surface area contributed by atoms with Gasteiger partial charge >= 0.3 is 5.97 Å². The predicted octanol–water partition coefficient (Wildman–Crippen LogP) is 5.08. The lowest BCUT2D eigenvalue weighted by Crippen LogP contribution is -2.08. The molecule has 1 aromatic heterocycles. The molecule has 1 heterocycles. The molecule has 0 spiro atoms. The number of aromatic nitrogens is 1. The van der Waals surface area contributed by atoms with Crippen molar-refractivity contribution in [1.29, 1.82) is 0 Å². The molecule has 0 unspecified atom stereocenters. The minimum atomic E-state index is -0.465. The quantitative estimate of drug-likeness (QED) is 0.485. The van der Waals surface area contributed by atoms with Crippen LogP contribution in [0.25, 0.3) is 12.2 Å². The lowest BCUT2D eigenvalue weighted by Gasteiger charge is -2.05. The molecular formula is C22H17ClN2O3. The normalized spacial score (nSPS) is 10.6. The molecule has 2 aromatic carbocycles. The number of ether oxygens (including phenoxy) is 1. The van der Waals surface area contributed by atoms with Crippen molar-refractivity contribution in [3.8, 4) is 5.75 Å². The molecule has 0 bridgehead atoms. The Kier molecular flexibility index (Phi) is 6.19. The van der Waals surface area contributed by atoms with E-state index in [0.717, 1.165) is 11.1 Å². The maximum absolute atomic E-state index is 12.1. The first-order chi connectivity index (χ1) is 13.5. The van der Waals surface area contributed by atoms with Crippen LogP contribution in [0.4, 0.5) is 5.82 Å². The second kappa shape index (κ2) is 8.97. The third-order valence-corrected chi connectivity index (χ3v) is 3.94. The molecule has 5 nitrogen and oxygen atoms in total. The van der Waals surface area contributed by atoms with Gasteiger partial charge in [-0.3, -0.25) is 4.79 Å². The van der Waals surface area contributed by atoms with Gasteiger partial charge in [0, 0.05) is 18.1 Å². The summed E-state index contributed by atoms with van der Waals surface area (Å²) in [6.07, 6.45) is 5.44. The summed E-state index contributed by atoms with van der Waals surface area (Å²) < 4.78 is 5.36. The molecule has 0 radical (unpaired) electrons. The standard InChI is InChI=1S/C22H17ClN2O3/c1-15(26)25-21-13-17(11-12-24-21)6-5-16-7-9-20(10-8-16)28-22(27)18-3-2-4-19(23)14-18/h2-14H,1H3,(H,24,25,26)/b6-5+. The molecule has 1 amide bonds. The summed E-state index contributed by atoms with van der Waals surface area (Å²) in [7, 11) is 0. The summed E-state index contributed by atoms with van der Waals surface area (Å²) in [5.41, 5.74) is 2.22. The van der Waals surface area contributed by atoms with Crippen LogP contribution in [0.1, 0.15) is 28.4 Å². The van der Waals surface area contributed by atoms with E-state index >= 15 is 0 Å². The zero-order valence-electron chi connectivity index (χ0n) is 15.1. The minimum Gasteiger partial charge on any atom is -0.423 e. The van der Waals surface area contributed by atoms with Crippen LogP contribution >= 0.6 is 11.6 Å². The highest BCUT2D eigenvalue weighted by Gasteiger charge is 2.08. The Bertz CT molecular complexity index is 1030. The van der Waals surface area contributed by atoms with Crippen LogP contribution in [0, 0.1) is 0 Å². The molecule has 0 aliphatic carbocycles. The summed E-state index contributed by atoms with van der Waals surface area (Å²) in [5, 5.41) is 3.12. The lowest BCUT2D eigenvalue weighted by molar-refractivity contribution is -0.114. The van der Waals surface area contributed by atoms with E-state index in [1.54, 1.807) is 48.7 Å². The summed E-state index contributed by atoms with van der Waals surface area (Å²) in [5.74, 6) is 0.307. The maximum Gasteiger partial charge on any atom is 0.343 e. The second-order valence-electron chi connectivity index (χ2n) is 5.96. The fourth-order valence-electron chi connectivity index (χ4n) is 2.42. The average Bonchev–Trinajstić information content (AvgIpc) is 2.67. The third-order valence-electron chi connectivity index (χ3n) is 3.71. The van der Waals surface area contributed by atoms with E-state index < -0.39 is 5.97 Å². The summed E-state index contributed by atoms with van der Waals surface area (Å²) in [6, 6.07) is 17.3. The number of hydrogen-bond donors (Lipinski definition) is 1. The Morgan fingerprint density at radius 2 is 1.75 bits per heavy atom. The molecule has 0 saturated heterocycles. The molecule has 3 rings (SSSR count). The van der Waals surface area contributed by atoms with Crippen LogP contribution < -0.4 is 10.1 Å². The molecule has 0 fully saturated rings. The van der Waals surface area contributed by atoms with Crippen molar-refractivity contribution < 1.29 is 14.3 Å². The van der Waals surface area contributed by atoms with Gasteiger partial charge in [-0.25, -0.2) is 9.78 Å². The number of carbonyl (C=O) groups is 2. The molecule has 0 saturated carbocycles. The van der Waals surface area contributed by atoms with E-state index in [1.165, 1.54) is 6.92 Å². The van der Waals surface area contributed by atoms with E-state index in [0.29, 0.717) is 22.2 Å². The number of pyridine rings is 1. The van der Waals surface area contributed by atoms with Crippen LogP contribution in [0.15, 0.2) is 66.9 Å². The number of anilines is 1. The second-order valence-corrected chi connectivity index (χ2v) is 6.39. The number of carbonyl (C=O) groups excluding carboxylic acids is 2. The van der Waals surface area contributed by atoms with Gasteiger partial charge in [-0.1, -0.05) is 42.0 Å². The minimum absolute atomic E-state index is 0.170. The van der Waals surface area contributed by atoms with E-state index in [1.807, 2.05) is 30.4 Å². The summed E-state index contributed by atoms with van der Waals surface area (Å²) in [6.45, 7) is 1.44. The van der Waals surface area contributed by atoms with Gasteiger partial charge in [-0.05, 0) is 53.6 Å². The van der Waals surface area contributed by atoms with Crippen LogP contribution in [-0.4, -0.2) is 16.9 Å². The van der Waals surface area contributed by atoms with Crippen LogP contribution in [0.3, 0.4) is 0 Å². The third kappa shape index (κ3) is 5.53. The van der Waals surface area contributed by atoms with E-state index in [-0.39, 0.29) is 5.91 Å². The molecule has 0 aliphatic rings. The van der Waals surface area contributed by atoms with Crippen molar-refractivity contribution in [2.24, 2.45) is 0 Å². The Morgan fingerprint density at radius 3 is 2.46 bits per heavy atom. The molecule has 0 aliphatic heterocycles. The SMILES string of the molecule is CC(=O)Nc1cc(/C=C/c2ccc(OC(=O)c3cccc(Cl)c3)cc2)ccn1. The van der Waals surface area contributed by atoms with E-state index in [4.69, 9.17) is 16.3 Å². The maximum atomic E-state index is 12.1. The highest BCUT2D eigenvalue weighted by atomic mass is 35.5. The van der Waals surface area contributed by atoms with Crippen molar-refractivity contribution in [1.82, 2.24) is 4.98 Å². The zero-order chi connectivity index (χ0) is 19.9. The van der Waals surface area contributed by atoms with Gasteiger partial charge < -0.3 is 10.1 Å². The number of halogens is 1. The molecule has 0 atom stereocenters. The highest BCUT2D eigenvalue weighted by Crippen LogP contribution is 2.18. The Morgan fingerprint density at radius 1 is 1.00 bits per heavy atom. The number of nitrogens with one attached hydrogen (secondary N) is 1. The van der Waals surface area contributed by atoms with Crippen molar-refractivity contribution in [2.75, 3.05) is 5.32 Å². The van der Waals surface area contributed by atoms with E-state index in [9.17, 15) is 9.59 Å². The van der Waals surface area contributed by atoms with Gasteiger partial charge in [0.1, 0.15) is 11.6 Å². The van der Waals surface area contributed by atoms with E-state index in [2.05, 4.69) is 10.3 Å². The van der Waals surface area contributed by atoms with Crippen molar-refractivity contribution in [2.45, 2.75) is 6.92 Å². The molecular weight excluding hydrogens is 376 g/mol. The monoisotopic (exact) mass is 392 g/mol. The molecule has 28 heavy (non-hydrogen) atoms. The van der Waals surface area contributed by atoms with Crippen molar-refractivity contribution in [3.63, 3.8) is 0 Å². The van der Waals surface area contributed by atoms with Gasteiger partial charge in [0.15, 0.2) is 0 Å². The Balaban J connectivity index is 1.65. The molecule has 1 N–H and O–H groups in total. The number of nitrogens with zero attached hydrogens (tertiary/aromatic N) is 1. The Labute approximate surface area is 167 Å². The lowest BCUT2D eigenvalue weighted by atomic mass is 10.1. The first-order valence-electron chi connectivity index (χ1n) is 8.49. The summed E-state index contributed by atoms with van der Waals surface area (Å²) >= 11 is 5.89. The van der Waals surface area contributed by atoms with Crippen LogP contribution in [0.5, 0.6) is 5.75 Å². The number of benzene rings is 2. The number of hydrogen-bond acceptors (Lipinski definition) is 4. The van der Waals surface area contributed by atoms with Gasteiger partial charge in [0.25, 0.3) is 0 Å². The van der Waals surface area contributed by atoms with Crippen LogP contribution in [0.2, 0.25) is 5.02 Å². The van der Waals surface area contributed by atoms with Crippen molar-refractivity contribution in [3.05, 3.63) is 88.6 Å². The number of amides is 1. The summed E-state index contributed by atoms with van der Waals surface area (Å²) in [4.78, 5) is 27.3. The fraction of sp³-hybridized carbons (Fsp3) is 0.0455. The largest absolute Gasteiger partial charge is 0.423 e. The predicted molar refractivity (Wildman–Crippen MR) is 110 cm³/mol. The number of esters is 1. The van der Waals surface area contributed by atoms with Gasteiger partial charge in [0.05, 0.1) is 5.56 Å². The van der Waals surface area contributed by atoms with Gasteiger partial charge in [-0.2, -0.15) is 0 Å². The first-order valence-corrected chi connectivity index (χ1v) is 8.87. The zero-order valence-corrected chi connectivity index (χ0v) is 15.8. The van der Waals surface area contributed by atoms with Crippen LogP contribution in [-0.2, 0) is 4.79 Å². The van der Waals surface area contributed by atoms with Gasteiger partial charge in [-0.15, -0.1) is 0 Å². The van der Waals surface area contributed by atoms with Crippen molar-refractivity contribution >= 4 is 41.4 Å². The first kappa shape index (κ1) is 19.3. The molecule has 3 aromatic rings. The smallest absolute Gasteiger partial charge is 0.343 e. The Hall–Kier alpha value is -3.44. The number of rotatable bonds is 5. The van der Waals surface area contributed by atoms with Gasteiger partial charge in [0.2, 0.25) is 5.91 Å². The molecule has 140 valence electrons. The molecule has 6 heteroatoms. The average molecular weight is 393 g/mol. The fourth-order valence-corrected chi connectivity index (χ4v) is 2.61. The highest BCUT2D eigenvalue weighted by molar-refractivity contribution is 6.30. The topological polar surface area (TPSA) is 68.3 Å².